The third kappa shape index (κ3) is 8.41. The van der Waals surface area contributed by atoms with Crippen molar-refractivity contribution in [3.63, 3.8) is 0 Å². The minimum absolute atomic E-state index is 0.0529. The van der Waals surface area contributed by atoms with Crippen LogP contribution in [0.15, 0.2) is 72.9 Å². The predicted molar refractivity (Wildman–Crippen MR) is 167 cm³/mol. The van der Waals surface area contributed by atoms with Crippen molar-refractivity contribution < 1.29 is 29.3 Å². The van der Waals surface area contributed by atoms with Crippen LogP contribution in [-0.2, 0) is 22.6 Å². The van der Waals surface area contributed by atoms with E-state index in [2.05, 4.69) is 0 Å². The first-order chi connectivity index (χ1) is 20.2. The number of ether oxygens (including phenoxy) is 2. The molecule has 4 aromatic rings. The van der Waals surface area contributed by atoms with E-state index in [4.69, 9.17) is 37.8 Å². The second-order valence-electron chi connectivity index (χ2n) is 9.69. The van der Waals surface area contributed by atoms with Crippen LogP contribution in [0.3, 0.4) is 0 Å². The van der Waals surface area contributed by atoms with Crippen molar-refractivity contribution in [1.29, 1.82) is 0 Å². The number of carboxylic acid groups (broad SMARTS) is 2. The number of carbonyl (C=O) groups is 2. The lowest BCUT2D eigenvalue weighted by Crippen LogP contribution is -2.01. The van der Waals surface area contributed by atoms with Gasteiger partial charge in [0.25, 0.3) is 0 Å². The molecule has 4 rings (SSSR count). The molecule has 3 aromatic carbocycles. The van der Waals surface area contributed by atoms with Crippen LogP contribution in [0.5, 0.6) is 11.5 Å². The molecule has 0 radical (unpaired) electrons. The van der Waals surface area contributed by atoms with Crippen molar-refractivity contribution in [2.24, 2.45) is 0 Å². The predicted octanol–water partition coefficient (Wildman–Crippen LogP) is 7.93. The lowest BCUT2D eigenvalue weighted by atomic mass is 10.0. The lowest BCUT2D eigenvalue weighted by Gasteiger charge is -2.09. The number of benzene rings is 3. The maximum Gasteiger partial charge on any atom is 0.307 e. The van der Waals surface area contributed by atoms with Gasteiger partial charge in [-0.15, -0.1) is 0 Å². The molecule has 7 nitrogen and oxygen atoms in total. The van der Waals surface area contributed by atoms with E-state index in [9.17, 15) is 14.7 Å². The Morgan fingerprint density at radius 3 is 2.36 bits per heavy atom. The first-order valence-corrected chi connectivity index (χ1v) is 14.2. The van der Waals surface area contributed by atoms with Gasteiger partial charge in [0, 0.05) is 35.1 Å². The molecule has 0 saturated carbocycles. The highest BCUT2D eigenvalue weighted by molar-refractivity contribution is 6.35. The molecule has 0 atom stereocenters. The number of aryl methyl sites for hydroxylation is 2. The smallest absolute Gasteiger partial charge is 0.307 e. The molecule has 0 aliphatic heterocycles. The average Bonchev–Trinajstić information content (AvgIpc) is 3.28. The molecule has 0 fully saturated rings. The van der Waals surface area contributed by atoms with Crippen LogP contribution in [0.1, 0.15) is 35.1 Å². The molecule has 9 heteroatoms. The van der Waals surface area contributed by atoms with E-state index in [0.717, 1.165) is 33.3 Å². The number of carboxylic acids is 2. The van der Waals surface area contributed by atoms with Gasteiger partial charge in [-0.2, -0.15) is 0 Å². The molecule has 1 aromatic heterocycles. The Hall–Kier alpha value is -4.20. The van der Waals surface area contributed by atoms with Crippen molar-refractivity contribution in [3.05, 3.63) is 105 Å². The van der Waals surface area contributed by atoms with Gasteiger partial charge in [-0.1, -0.05) is 59.6 Å². The third-order valence-corrected chi connectivity index (χ3v) is 7.01. The van der Waals surface area contributed by atoms with Gasteiger partial charge in [0.05, 0.1) is 11.4 Å². The summed E-state index contributed by atoms with van der Waals surface area (Å²) in [6.45, 7) is 3.11. The van der Waals surface area contributed by atoms with E-state index >= 15 is 0 Å². The van der Waals surface area contributed by atoms with E-state index in [1.807, 2.05) is 84.5 Å². The molecule has 0 aliphatic rings. The van der Waals surface area contributed by atoms with Crippen molar-refractivity contribution >= 4 is 58.2 Å². The summed E-state index contributed by atoms with van der Waals surface area (Å²) in [5.41, 5.74) is 4.30. The molecule has 218 valence electrons. The Bertz CT molecular complexity index is 1600. The first-order valence-electron chi connectivity index (χ1n) is 13.4. The minimum atomic E-state index is -0.919. The lowest BCUT2D eigenvalue weighted by molar-refractivity contribution is -0.137. The van der Waals surface area contributed by atoms with Crippen LogP contribution < -0.4 is 9.47 Å². The van der Waals surface area contributed by atoms with Crippen LogP contribution in [0.2, 0.25) is 10.0 Å². The van der Waals surface area contributed by atoms with Gasteiger partial charge < -0.3 is 24.3 Å². The van der Waals surface area contributed by atoms with Crippen LogP contribution in [-0.4, -0.2) is 39.9 Å². The SMILES string of the molecule is Cc1cc(Cl)cc(Cl)c1OC/C=C/COc1ccc(/C=C/c2cccc3c2c(CC(=O)O)cn3CCCC(=O)O)cc1. The highest BCUT2D eigenvalue weighted by Gasteiger charge is 2.14. The van der Waals surface area contributed by atoms with Crippen LogP contribution >= 0.6 is 23.2 Å². The fourth-order valence-corrected chi connectivity index (χ4v) is 5.28. The van der Waals surface area contributed by atoms with Crippen molar-refractivity contribution in [2.75, 3.05) is 13.2 Å². The van der Waals surface area contributed by atoms with Crippen molar-refractivity contribution in [1.82, 2.24) is 4.57 Å². The molecular weight excluding hydrogens is 577 g/mol. The third-order valence-electron chi connectivity index (χ3n) is 6.51. The quantitative estimate of drug-likeness (QED) is 0.111. The largest absolute Gasteiger partial charge is 0.490 e. The van der Waals surface area contributed by atoms with E-state index in [0.29, 0.717) is 47.5 Å². The summed E-state index contributed by atoms with van der Waals surface area (Å²) in [6, 6.07) is 16.9. The van der Waals surface area contributed by atoms with Crippen LogP contribution in [0.4, 0.5) is 0 Å². The zero-order valence-corrected chi connectivity index (χ0v) is 24.6. The summed E-state index contributed by atoms with van der Waals surface area (Å²) in [5.74, 6) is -0.441. The summed E-state index contributed by atoms with van der Waals surface area (Å²) < 4.78 is 13.5. The number of aromatic nitrogens is 1. The van der Waals surface area contributed by atoms with Crippen molar-refractivity contribution in [3.8, 4) is 11.5 Å². The topological polar surface area (TPSA) is 98.0 Å². The van der Waals surface area contributed by atoms with Crippen molar-refractivity contribution in [2.45, 2.75) is 32.7 Å². The highest BCUT2D eigenvalue weighted by atomic mass is 35.5. The Morgan fingerprint density at radius 2 is 1.67 bits per heavy atom. The standard InChI is InChI=1S/C33H31Cl2NO6/c1-22-18-26(34)20-28(35)33(22)42-17-3-2-16-41-27-13-10-23(11-14-27)9-12-24-6-4-7-29-32(24)25(19-31(39)40)21-36(29)15-5-8-30(37)38/h2-4,6-7,9-14,18,20-21H,5,8,15-17,19H2,1H3,(H,37,38)(H,39,40)/b3-2+,12-9+. The van der Waals surface area contributed by atoms with Crippen LogP contribution in [0, 0.1) is 6.92 Å². The molecule has 0 bridgehead atoms. The number of rotatable bonds is 14. The Labute approximate surface area is 254 Å². The molecule has 42 heavy (non-hydrogen) atoms. The molecule has 0 amide bonds. The monoisotopic (exact) mass is 607 g/mol. The van der Waals surface area contributed by atoms with E-state index in [1.54, 1.807) is 12.1 Å². The first kappa shape index (κ1) is 30.8. The zero-order chi connectivity index (χ0) is 30.1. The fraction of sp³-hybridized carbons (Fsp3) is 0.212. The average molecular weight is 609 g/mol. The van der Waals surface area contributed by atoms with Gasteiger partial charge in [-0.05, 0) is 78.1 Å². The van der Waals surface area contributed by atoms with E-state index in [1.165, 1.54) is 0 Å². The molecule has 2 N–H and O–H groups in total. The summed E-state index contributed by atoms with van der Waals surface area (Å²) in [6.07, 6.45) is 9.87. The van der Waals surface area contributed by atoms with Gasteiger partial charge in [0.1, 0.15) is 24.7 Å². The normalized spacial score (nSPS) is 11.5. The maximum absolute atomic E-state index is 11.5. The Morgan fingerprint density at radius 1 is 0.929 bits per heavy atom. The van der Waals surface area contributed by atoms with E-state index < -0.39 is 11.9 Å². The molecular formula is C33H31Cl2NO6. The van der Waals surface area contributed by atoms with Gasteiger partial charge in [-0.25, -0.2) is 0 Å². The number of nitrogens with zero attached hydrogens (tertiary/aromatic N) is 1. The number of hydrogen-bond donors (Lipinski definition) is 2. The summed E-state index contributed by atoms with van der Waals surface area (Å²) in [5, 5.41) is 20.3. The highest BCUT2D eigenvalue weighted by Crippen LogP contribution is 2.32. The number of hydrogen-bond acceptors (Lipinski definition) is 4. The molecule has 0 aliphatic carbocycles. The number of aliphatic carboxylic acids is 2. The van der Waals surface area contributed by atoms with E-state index in [-0.39, 0.29) is 12.8 Å². The number of halogens is 2. The Kier molecular flexibility index (Phi) is 10.7. The molecule has 0 unspecified atom stereocenters. The second-order valence-corrected chi connectivity index (χ2v) is 10.5. The Balaban J connectivity index is 1.37. The summed E-state index contributed by atoms with van der Waals surface area (Å²) in [7, 11) is 0. The maximum atomic E-state index is 11.5. The van der Waals surface area contributed by atoms with Gasteiger partial charge >= 0.3 is 11.9 Å². The molecule has 1 heterocycles. The molecule has 0 spiro atoms. The van der Waals surface area contributed by atoms with Gasteiger partial charge in [0.2, 0.25) is 0 Å². The number of fused-ring (bicyclic) bond motifs is 1. The van der Waals surface area contributed by atoms with Gasteiger partial charge in [-0.3, -0.25) is 9.59 Å². The fourth-order valence-electron chi connectivity index (χ4n) is 4.64. The zero-order valence-electron chi connectivity index (χ0n) is 23.1. The summed E-state index contributed by atoms with van der Waals surface area (Å²) >= 11 is 12.2. The van der Waals surface area contributed by atoms with Gasteiger partial charge in [0.15, 0.2) is 0 Å². The van der Waals surface area contributed by atoms with Crippen LogP contribution in [0.25, 0.3) is 23.1 Å². The summed E-state index contributed by atoms with van der Waals surface area (Å²) in [4.78, 5) is 22.5. The minimum Gasteiger partial charge on any atom is -0.490 e. The second kappa shape index (κ2) is 14.6. The molecule has 0 saturated heterocycles.